The van der Waals surface area contributed by atoms with Gasteiger partial charge in [0.25, 0.3) is 0 Å². The number of hydrogen-bond acceptors (Lipinski definition) is 3. The summed E-state index contributed by atoms with van der Waals surface area (Å²) in [6.07, 6.45) is 0.159. The van der Waals surface area contributed by atoms with Crippen molar-refractivity contribution >= 4 is 22.9 Å². The third kappa shape index (κ3) is 1.64. The van der Waals surface area contributed by atoms with Crippen molar-refractivity contribution in [3.8, 4) is 0 Å². The lowest BCUT2D eigenvalue weighted by molar-refractivity contribution is 0.0300. The molecule has 1 aliphatic rings. The fourth-order valence-corrected chi connectivity index (χ4v) is 2.50. The van der Waals surface area contributed by atoms with Gasteiger partial charge in [0.2, 0.25) is 0 Å². The minimum absolute atomic E-state index is 0.159. The summed E-state index contributed by atoms with van der Waals surface area (Å²) in [7, 11) is 0. The number of thiophene rings is 1. The first-order valence-corrected chi connectivity index (χ1v) is 5.19. The van der Waals surface area contributed by atoms with Crippen LogP contribution in [0.5, 0.6) is 0 Å². The van der Waals surface area contributed by atoms with Gasteiger partial charge in [0.15, 0.2) is 0 Å². The van der Waals surface area contributed by atoms with E-state index in [1.807, 2.05) is 11.4 Å². The average molecular weight is 204 g/mol. The van der Waals surface area contributed by atoms with Crippen molar-refractivity contribution in [2.45, 2.75) is 6.10 Å². The van der Waals surface area contributed by atoms with E-state index in [0.29, 0.717) is 0 Å². The maximum absolute atomic E-state index is 5.98. The Morgan fingerprint density at radius 1 is 1.67 bits per heavy atom. The van der Waals surface area contributed by atoms with Crippen LogP contribution >= 0.6 is 22.9 Å². The Morgan fingerprint density at radius 2 is 2.58 bits per heavy atom. The summed E-state index contributed by atoms with van der Waals surface area (Å²) >= 11 is 7.63. The number of ether oxygens (including phenoxy) is 1. The summed E-state index contributed by atoms with van der Waals surface area (Å²) in [5.74, 6) is 0. The molecule has 1 saturated heterocycles. The Morgan fingerprint density at radius 3 is 3.17 bits per heavy atom. The Hall–Kier alpha value is -0.0900. The molecule has 0 amide bonds. The average Bonchev–Trinajstić information content (AvgIpc) is 2.53. The molecule has 2 heterocycles. The summed E-state index contributed by atoms with van der Waals surface area (Å²) in [6.45, 7) is 2.60. The largest absolute Gasteiger partial charge is 0.370 e. The molecule has 0 aromatic carbocycles. The van der Waals surface area contributed by atoms with Crippen molar-refractivity contribution in [2.24, 2.45) is 0 Å². The first kappa shape index (κ1) is 8.51. The Bertz CT molecular complexity index is 257. The van der Waals surface area contributed by atoms with Gasteiger partial charge in [-0.1, -0.05) is 11.6 Å². The van der Waals surface area contributed by atoms with Gasteiger partial charge in [-0.25, -0.2) is 0 Å². The van der Waals surface area contributed by atoms with Gasteiger partial charge in [-0.05, 0) is 11.4 Å². The molecule has 1 aromatic heterocycles. The SMILES string of the molecule is Clc1ccsc1C1CNCCO1. The van der Waals surface area contributed by atoms with E-state index < -0.39 is 0 Å². The molecule has 2 rings (SSSR count). The molecule has 1 atom stereocenters. The van der Waals surface area contributed by atoms with Crippen LogP contribution in [-0.4, -0.2) is 19.7 Å². The zero-order valence-electron chi connectivity index (χ0n) is 6.55. The molecule has 1 unspecified atom stereocenters. The Kier molecular flexibility index (Phi) is 2.66. The van der Waals surface area contributed by atoms with Crippen molar-refractivity contribution in [3.63, 3.8) is 0 Å². The smallest absolute Gasteiger partial charge is 0.106 e. The van der Waals surface area contributed by atoms with Crippen LogP contribution in [0.4, 0.5) is 0 Å². The van der Waals surface area contributed by atoms with Crippen LogP contribution in [0.2, 0.25) is 5.02 Å². The van der Waals surface area contributed by atoms with E-state index in [2.05, 4.69) is 5.32 Å². The Labute approximate surface area is 80.5 Å². The van der Waals surface area contributed by atoms with Crippen molar-refractivity contribution in [1.82, 2.24) is 5.32 Å². The third-order valence-electron chi connectivity index (χ3n) is 1.86. The van der Waals surface area contributed by atoms with Crippen LogP contribution < -0.4 is 5.32 Å². The van der Waals surface area contributed by atoms with Gasteiger partial charge in [-0.3, -0.25) is 0 Å². The Balaban J connectivity index is 2.13. The third-order valence-corrected chi connectivity index (χ3v) is 3.32. The molecule has 0 saturated carbocycles. The van der Waals surface area contributed by atoms with E-state index >= 15 is 0 Å². The molecule has 0 radical (unpaired) electrons. The lowest BCUT2D eigenvalue weighted by Gasteiger charge is -2.22. The topological polar surface area (TPSA) is 21.3 Å². The maximum atomic E-state index is 5.98. The predicted molar refractivity (Wildman–Crippen MR) is 50.9 cm³/mol. The van der Waals surface area contributed by atoms with Crippen LogP contribution in [0, 0.1) is 0 Å². The highest BCUT2D eigenvalue weighted by atomic mass is 35.5. The molecule has 66 valence electrons. The molecule has 1 aliphatic heterocycles. The summed E-state index contributed by atoms with van der Waals surface area (Å²) in [5, 5.41) is 6.10. The molecular weight excluding hydrogens is 194 g/mol. The predicted octanol–water partition coefficient (Wildman–Crippen LogP) is 2.06. The second-order valence-electron chi connectivity index (χ2n) is 2.70. The zero-order chi connectivity index (χ0) is 8.39. The monoisotopic (exact) mass is 203 g/mol. The summed E-state index contributed by atoms with van der Waals surface area (Å²) in [5.41, 5.74) is 0. The fraction of sp³-hybridized carbons (Fsp3) is 0.500. The molecule has 2 nitrogen and oxygen atoms in total. The van der Waals surface area contributed by atoms with E-state index in [0.717, 1.165) is 29.6 Å². The van der Waals surface area contributed by atoms with E-state index in [-0.39, 0.29) is 6.10 Å². The van der Waals surface area contributed by atoms with Gasteiger partial charge >= 0.3 is 0 Å². The van der Waals surface area contributed by atoms with Crippen LogP contribution in [0.3, 0.4) is 0 Å². The van der Waals surface area contributed by atoms with Crippen LogP contribution in [0.15, 0.2) is 11.4 Å². The van der Waals surface area contributed by atoms with Gasteiger partial charge in [0.05, 0.1) is 16.5 Å². The van der Waals surface area contributed by atoms with Crippen molar-refractivity contribution < 1.29 is 4.74 Å². The lowest BCUT2D eigenvalue weighted by atomic mass is 10.2. The zero-order valence-corrected chi connectivity index (χ0v) is 8.12. The van der Waals surface area contributed by atoms with Gasteiger partial charge in [-0.2, -0.15) is 0 Å². The minimum Gasteiger partial charge on any atom is -0.370 e. The highest BCUT2D eigenvalue weighted by Gasteiger charge is 2.18. The van der Waals surface area contributed by atoms with Gasteiger partial charge in [-0.15, -0.1) is 11.3 Å². The number of rotatable bonds is 1. The number of nitrogens with one attached hydrogen (secondary N) is 1. The number of morpholine rings is 1. The van der Waals surface area contributed by atoms with Gasteiger partial charge in [0, 0.05) is 13.1 Å². The second-order valence-corrected chi connectivity index (χ2v) is 4.05. The van der Waals surface area contributed by atoms with Crippen molar-refractivity contribution in [3.05, 3.63) is 21.3 Å². The van der Waals surface area contributed by atoms with Crippen LogP contribution in [0.25, 0.3) is 0 Å². The molecule has 0 spiro atoms. The fourth-order valence-electron chi connectivity index (χ4n) is 1.27. The van der Waals surface area contributed by atoms with E-state index in [9.17, 15) is 0 Å². The normalized spacial score (nSPS) is 24.2. The number of halogens is 1. The molecule has 1 fully saturated rings. The molecule has 0 aliphatic carbocycles. The van der Waals surface area contributed by atoms with E-state index in [1.54, 1.807) is 11.3 Å². The van der Waals surface area contributed by atoms with E-state index in [4.69, 9.17) is 16.3 Å². The van der Waals surface area contributed by atoms with Crippen molar-refractivity contribution in [1.29, 1.82) is 0 Å². The second kappa shape index (κ2) is 3.75. The first-order chi connectivity index (χ1) is 5.88. The highest BCUT2D eigenvalue weighted by molar-refractivity contribution is 7.10. The van der Waals surface area contributed by atoms with Crippen LogP contribution in [-0.2, 0) is 4.74 Å². The molecule has 1 N–H and O–H groups in total. The van der Waals surface area contributed by atoms with Gasteiger partial charge < -0.3 is 10.1 Å². The molecule has 1 aromatic rings. The number of hydrogen-bond donors (Lipinski definition) is 1. The van der Waals surface area contributed by atoms with E-state index in [1.165, 1.54) is 0 Å². The molecular formula is C8H10ClNOS. The summed E-state index contributed by atoms with van der Waals surface area (Å²) in [6, 6.07) is 1.92. The summed E-state index contributed by atoms with van der Waals surface area (Å²) in [4.78, 5) is 1.14. The first-order valence-electron chi connectivity index (χ1n) is 3.93. The van der Waals surface area contributed by atoms with Crippen LogP contribution in [0.1, 0.15) is 11.0 Å². The summed E-state index contributed by atoms with van der Waals surface area (Å²) < 4.78 is 5.57. The molecule has 0 bridgehead atoms. The van der Waals surface area contributed by atoms with Crippen molar-refractivity contribution in [2.75, 3.05) is 19.7 Å². The highest BCUT2D eigenvalue weighted by Crippen LogP contribution is 2.31. The molecule has 4 heteroatoms. The quantitative estimate of drug-likeness (QED) is 0.755. The molecule has 12 heavy (non-hydrogen) atoms. The minimum atomic E-state index is 0.159. The standard InChI is InChI=1S/C8H10ClNOS/c9-6-1-4-12-8(6)7-5-10-2-3-11-7/h1,4,7,10H,2-3,5H2. The lowest BCUT2D eigenvalue weighted by Crippen LogP contribution is -2.33. The maximum Gasteiger partial charge on any atom is 0.106 e. The van der Waals surface area contributed by atoms with Gasteiger partial charge in [0.1, 0.15) is 6.10 Å².